The fourth-order valence-electron chi connectivity index (χ4n) is 2.51. The van der Waals surface area contributed by atoms with Crippen molar-refractivity contribution in [2.24, 2.45) is 0 Å². The highest BCUT2D eigenvalue weighted by molar-refractivity contribution is 7.86. The van der Waals surface area contributed by atoms with Gasteiger partial charge in [0.25, 0.3) is 10.1 Å². The molecule has 5 heteroatoms. The highest BCUT2D eigenvalue weighted by Gasteiger charge is 2.11. The zero-order chi connectivity index (χ0) is 17.5. The van der Waals surface area contributed by atoms with E-state index in [4.69, 9.17) is 8.92 Å². The molecule has 0 bridgehead atoms. The molecule has 138 valence electrons. The molecule has 0 unspecified atom stereocenters. The summed E-state index contributed by atoms with van der Waals surface area (Å²) in [4.78, 5) is 0. The molecule has 0 N–H and O–H groups in total. The smallest absolute Gasteiger partial charge is 0.270 e. The van der Waals surface area contributed by atoms with Gasteiger partial charge in [0, 0.05) is 0 Å². The van der Waals surface area contributed by atoms with Crippen molar-refractivity contribution in [1.29, 1.82) is 0 Å². The molecule has 0 aliphatic heterocycles. The van der Waals surface area contributed by atoms with Crippen molar-refractivity contribution in [3.8, 4) is 5.75 Å². The van der Waals surface area contributed by atoms with Crippen molar-refractivity contribution < 1.29 is 17.3 Å². The predicted octanol–water partition coefficient (Wildman–Crippen LogP) is 5.29. The van der Waals surface area contributed by atoms with Crippen LogP contribution in [0.4, 0.5) is 0 Å². The molecule has 0 amide bonds. The minimum absolute atomic E-state index is 0.0711. The van der Waals surface area contributed by atoms with Gasteiger partial charge in [-0.2, -0.15) is 8.42 Å². The van der Waals surface area contributed by atoms with E-state index in [1.807, 2.05) is 18.2 Å². The Morgan fingerprint density at radius 1 is 0.792 bits per heavy atom. The third-order valence-electron chi connectivity index (χ3n) is 3.94. The van der Waals surface area contributed by atoms with Crippen LogP contribution in [0.5, 0.6) is 5.75 Å². The lowest BCUT2D eigenvalue weighted by Gasteiger charge is -2.07. The van der Waals surface area contributed by atoms with Crippen LogP contribution < -0.4 is 4.74 Å². The van der Waals surface area contributed by atoms with Gasteiger partial charge in [0.05, 0.1) is 5.75 Å². The van der Waals surface area contributed by atoms with Gasteiger partial charge in [-0.1, -0.05) is 82.9 Å². The Hall–Kier alpha value is -1.07. The number of hydrogen-bond acceptors (Lipinski definition) is 4. The Bertz CT molecular complexity index is 499. The Morgan fingerprint density at radius 3 is 1.92 bits per heavy atom. The quantitative estimate of drug-likeness (QED) is 0.243. The average Bonchev–Trinajstić information content (AvgIpc) is 2.57. The van der Waals surface area contributed by atoms with Crippen LogP contribution in [0.15, 0.2) is 30.3 Å². The van der Waals surface area contributed by atoms with E-state index in [-0.39, 0.29) is 12.5 Å². The Balaban J connectivity index is 1.97. The Labute approximate surface area is 147 Å². The molecule has 0 radical (unpaired) electrons. The highest BCUT2D eigenvalue weighted by Crippen LogP contribution is 2.12. The predicted molar refractivity (Wildman–Crippen MR) is 98.7 cm³/mol. The molecule has 0 saturated heterocycles. The SMILES string of the molecule is CCCCCCCCCCCCS(=O)(=O)OCOc1ccccc1. The Morgan fingerprint density at radius 2 is 1.33 bits per heavy atom. The zero-order valence-corrected chi connectivity index (χ0v) is 15.7. The molecule has 1 rings (SSSR count). The third kappa shape index (κ3) is 11.5. The first-order chi connectivity index (χ1) is 11.6. The summed E-state index contributed by atoms with van der Waals surface area (Å²) in [6.45, 7) is 1.97. The third-order valence-corrected chi connectivity index (χ3v) is 5.19. The normalized spacial score (nSPS) is 11.5. The number of ether oxygens (including phenoxy) is 1. The summed E-state index contributed by atoms with van der Waals surface area (Å²) in [6, 6.07) is 9.05. The number of rotatable bonds is 15. The maximum Gasteiger partial charge on any atom is 0.270 e. The monoisotopic (exact) mass is 356 g/mol. The second kappa shape index (κ2) is 13.2. The maximum absolute atomic E-state index is 11.8. The lowest BCUT2D eigenvalue weighted by molar-refractivity contribution is 0.126. The lowest BCUT2D eigenvalue weighted by Crippen LogP contribution is -2.14. The van der Waals surface area contributed by atoms with E-state index in [0.717, 1.165) is 12.8 Å². The number of hydrogen-bond donors (Lipinski definition) is 0. The van der Waals surface area contributed by atoms with Gasteiger partial charge < -0.3 is 4.74 Å². The van der Waals surface area contributed by atoms with Crippen molar-refractivity contribution >= 4 is 10.1 Å². The lowest BCUT2D eigenvalue weighted by atomic mass is 10.1. The van der Waals surface area contributed by atoms with Gasteiger partial charge in [-0.3, -0.25) is 0 Å². The molecule has 24 heavy (non-hydrogen) atoms. The molecule has 1 aromatic rings. The van der Waals surface area contributed by atoms with E-state index < -0.39 is 10.1 Å². The molecule has 4 nitrogen and oxygen atoms in total. The largest absolute Gasteiger partial charge is 0.466 e. The number of unbranched alkanes of at least 4 members (excludes halogenated alkanes) is 9. The summed E-state index contributed by atoms with van der Waals surface area (Å²) >= 11 is 0. The summed E-state index contributed by atoms with van der Waals surface area (Å²) in [6.07, 6.45) is 11.8. The van der Waals surface area contributed by atoms with E-state index in [1.165, 1.54) is 44.9 Å². The maximum atomic E-state index is 11.8. The molecule has 0 aromatic heterocycles. The molecule has 0 atom stereocenters. The topological polar surface area (TPSA) is 52.6 Å². The van der Waals surface area contributed by atoms with Crippen molar-refractivity contribution in [2.75, 3.05) is 12.5 Å². The van der Waals surface area contributed by atoms with Crippen LogP contribution in [0.2, 0.25) is 0 Å². The van der Waals surface area contributed by atoms with Crippen molar-refractivity contribution in [1.82, 2.24) is 0 Å². The summed E-state index contributed by atoms with van der Waals surface area (Å²) in [5.74, 6) is 0.674. The van der Waals surface area contributed by atoms with Crippen LogP contribution in [0.25, 0.3) is 0 Å². The van der Waals surface area contributed by atoms with Gasteiger partial charge in [0.2, 0.25) is 6.79 Å². The molecular weight excluding hydrogens is 324 g/mol. The first-order valence-electron chi connectivity index (χ1n) is 9.19. The highest BCUT2D eigenvalue weighted by atomic mass is 32.2. The number of para-hydroxylation sites is 1. The van der Waals surface area contributed by atoms with Crippen molar-refractivity contribution in [3.05, 3.63) is 30.3 Å². The van der Waals surface area contributed by atoms with Crippen molar-refractivity contribution in [2.45, 2.75) is 71.1 Å². The minimum Gasteiger partial charge on any atom is -0.466 e. The van der Waals surface area contributed by atoms with Gasteiger partial charge in [0.15, 0.2) is 0 Å². The fraction of sp³-hybridized carbons (Fsp3) is 0.684. The van der Waals surface area contributed by atoms with Crippen LogP contribution in [-0.4, -0.2) is 21.0 Å². The summed E-state index contributed by atoms with van der Waals surface area (Å²) in [5, 5.41) is 0. The summed E-state index contributed by atoms with van der Waals surface area (Å²) < 4.78 is 33.6. The first kappa shape index (κ1) is 21.0. The molecule has 0 spiro atoms. The van der Waals surface area contributed by atoms with Gasteiger partial charge in [0.1, 0.15) is 5.75 Å². The van der Waals surface area contributed by atoms with Gasteiger partial charge in [-0.15, -0.1) is 0 Å². The summed E-state index contributed by atoms with van der Waals surface area (Å²) in [5.41, 5.74) is 0. The van der Waals surface area contributed by atoms with Crippen LogP contribution in [-0.2, 0) is 14.3 Å². The van der Waals surface area contributed by atoms with E-state index in [9.17, 15) is 8.42 Å². The van der Waals surface area contributed by atoms with E-state index in [1.54, 1.807) is 12.1 Å². The zero-order valence-electron chi connectivity index (χ0n) is 14.9. The molecule has 0 heterocycles. The van der Waals surface area contributed by atoms with Crippen molar-refractivity contribution in [3.63, 3.8) is 0 Å². The van der Waals surface area contributed by atoms with Crippen LogP contribution >= 0.6 is 0 Å². The fourth-order valence-corrected chi connectivity index (χ4v) is 3.38. The first-order valence-corrected chi connectivity index (χ1v) is 10.8. The van der Waals surface area contributed by atoms with Crippen LogP contribution in [0, 0.1) is 0 Å². The molecular formula is C19H32O4S. The van der Waals surface area contributed by atoms with Gasteiger partial charge in [-0.05, 0) is 18.6 Å². The van der Waals surface area contributed by atoms with Gasteiger partial charge >= 0.3 is 0 Å². The second-order valence-electron chi connectivity index (χ2n) is 6.14. The molecule has 1 aromatic carbocycles. The van der Waals surface area contributed by atoms with E-state index in [2.05, 4.69) is 6.92 Å². The standard InChI is InChI=1S/C19H32O4S/c1-2-3-4-5-6-7-8-9-10-14-17-24(20,21)23-18-22-19-15-12-11-13-16-19/h11-13,15-16H,2-10,14,17-18H2,1H3. The van der Waals surface area contributed by atoms with Crippen LogP contribution in [0.1, 0.15) is 71.1 Å². The molecule has 0 fully saturated rings. The Kier molecular flexibility index (Phi) is 11.6. The number of benzene rings is 1. The van der Waals surface area contributed by atoms with E-state index in [0.29, 0.717) is 12.2 Å². The molecule has 0 aliphatic carbocycles. The summed E-state index contributed by atoms with van der Waals surface area (Å²) in [7, 11) is -3.48. The van der Waals surface area contributed by atoms with Gasteiger partial charge in [-0.25, -0.2) is 4.18 Å². The van der Waals surface area contributed by atoms with Crippen LogP contribution in [0.3, 0.4) is 0 Å². The molecule has 0 saturated carbocycles. The molecule has 0 aliphatic rings. The second-order valence-corrected chi connectivity index (χ2v) is 7.90. The average molecular weight is 357 g/mol. The van der Waals surface area contributed by atoms with E-state index >= 15 is 0 Å². The minimum atomic E-state index is -3.48.